The number of nitrogens with zero attached hydrogens (tertiary/aromatic N) is 2. The Balaban J connectivity index is 1.47. The highest BCUT2D eigenvalue weighted by Gasteiger charge is 2.27. The van der Waals surface area contributed by atoms with Crippen molar-refractivity contribution in [3.8, 4) is 5.75 Å². The summed E-state index contributed by atoms with van der Waals surface area (Å²) >= 11 is 0. The first kappa shape index (κ1) is 26.5. The van der Waals surface area contributed by atoms with E-state index in [1.54, 1.807) is 48.5 Å². The maximum absolute atomic E-state index is 13.6. The van der Waals surface area contributed by atoms with Crippen LogP contribution >= 0.6 is 0 Å². The summed E-state index contributed by atoms with van der Waals surface area (Å²) in [6, 6.07) is 21.5. The molecule has 0 spiro atoms. The molecule has 4 rings (SSSR count). The van der Waals surface area contributed by atoms with Gasteiger partial charge in [-0.15, -0.1) is 0 Å². The summed E-state index contributed by atoms with van der Waals surface area (Å²) in [6.45, 7) is 6.26. The maximum atomic E-state index is 13.6. The van der Waals surface area contributed by atoms with Gasteiger partial charge in [0.15, 0.2) is 0 Å². The van der Waals surface area contributed by atoms with E-state index < -0.39 is 15.9 Å². The highest BCUT2D eigenvalue weighted by molar-refractivity contribution is 7.92. The van der Waals surface area contributed by atoms with Gasteiger partial charge in [0, 0.05) is 31.4 Å². The lowest BCUT2D eigenvalue weighted by Gasteiger charge is -2.32. The van der Waals surface area contributed by atoms with E-state index in [-0.39, 0.29) is 11.4 Å². The van der Waals surface area contributed by atoms with E-state index in [1.165, 1.54) is 25.6 Å². The SMILES string of the molecule is COc1cccc(N(CC(=O)NCc2ccc(N3CCCC(C)C3)cc2)S(=O)(=O)c2ccc(C)cc2)c1. The van der Waals surface area contributed by atoms with Crippen LogP contribution in [0, 0.1) is 12.8 Å². The van der Waals surface area contributed by atoms with Crippen molar-refractivity contribution in [1.29, 1.82) is 0 Å². The number of amides is 1. The first-order valence-electron chi connectivity index (χ1n) is 12.6. The topological polar surface area (TPSA) is 79.0 Å². The lowest BCUT2D eigenvalue weighted by Crippen LogP contribution is -2.40. The van der Waals surface area contributed by atoms with E-state index in [9.17, 15) is 13.2 Å². The second-order valence-corrected chi connectivity index (χ2v) is 11.5. The third-order valence-electron chi connectivity index (χ3n) is 6.69. The smallest absolute Gasteiger partial charge is 0.264 e. The van der Waals surface area contributed by atoms with Gasteiger partial charge in [-0.05, 0) is 67.6 Å². The fourth-order valence-corrected chi connectivity index (χ4v) is 5.97. The van der Waals surface area contributed by atoms with E-state index in [0.29, 0.717) is 23.9 Å². The highest BCUT2D eigenvalue weighted by atomic mass is 32.2. The Morgan fingerprint density at radius 1 is 1.08 bits per heavy atom. The van der Waals surface area contributed by atoms with Gasteiger partial charge in [0.1, 0.15) is 12.3 Å². The van der Waals surface area contributed by atoms with Gasteiger partial charge in [0.05, 0.1) is 17.7 Å². The van der Waals surface area contributed by atoms with Crippen LogP contribution in [0.15, 0.2) is 77.7 Å². The van der Waals surface area contributed by atoms with Gasteiger partial charge in [-0.1, -0.05) is 42.8 Å². The van der Waals surface area contributed by atoms with Crippen molar-refractivity contribution in [2.24, 2.45) is 5.92 Å². The van der Waals surface area contributed by atoms with Crippen LogP contribution in [0.25, 0.3) is 0 Å². The standard InChI is InChI=1S/C29H35N3O4S/c1-22-9-15-28(16-10-22)37(34,35)32(26-7-4-8-27(18-26)36-3)21-29(33)30-19-24-11-13-25(14-12-24)31-17-5-6-23(2)20-31/h4,7-16,18,23H,5-6,17,19-21H2,1-3H3,(H,30,33). The van der Waals surface area contributed by atoms with Crippen molar-refractivity contribution in [1.82, 2.24) is 5.32 Å². The maximum Gasteiger partial charge on any atom is 0.264 e. The van der Waals surface area contributed by atoms with Crippen LogP contribution in [0.2, 0.25) is 0 Å². The molecule has 3 aromatic rings. The number of rotatable bonds is 9. The molecule has 0 aliphatic carbocycles. The van der Waals surface area contributed by atoms with Crippen molar-refractivity contribution in [3.05, 3.63) is 83.9 Å². The zero-order chi connectivity index (χ0) is 26.4. The number of sulfonamides is 1. The summed E-state index contributed by atoms with van der Waals surface area (Å²) in [5.74, 6) is 0.800. The van der Waals surface area contributed by atoms with Gasteiger partial charge < -0.3 is 15.0 Å². The molecule has 0 aromatic heterocycles. The number of hydrogen-bond acceptors (Lipinski definition) is 5. The molecular weight excluding hydrogens is 486 g/mol. The molecule has 0 radical (unpaired) electrons. The minimum absolute atomic E-state index is 0.122. The summed E-state index contributed by atoms with van der Waals surface area (Å²) in [6.07, 6.45) is 2.47. The third-order valence-corrected chi connectivity index (χ3v) is 8.47. The number of carbonyl (C=O) groups excluding carboxylic acids is 1. The molecule has 1 N–H and O–H groups in total. The van der Waals surface area contributed by atoms with Crippen molar-refractivity contribution in [2.75, 3.05) is 35.9 Å². The number of hydrogen-bond donors (Lipinski definition) is 1. The van der Waals surface area contributed by atoms with Crippen LogP contribution in [0.4, 0.5) is 11.4 Å². The first-order valence-corrected chi connectivity index (χ1v) is 14.0. The fourth-order valence-electron chi connectivity index (χ4n) is 4.55. The molecule has 1 aliphatic rings. The molecule has 3 aromatic carbocycles. The molecule has 37 heavy (non-hydrogen) atoms. The van der Waals surface area contributed by atoms with Crippen LogP contribution in [0.3, 0.4) is 0 Å². The number of anilines is 2. The van der Waals surface area contributed by atoms with Gasteiger partial charge in [0.2, 0.25) is 5.91 Å². The van der Waals surface area contributed by atoms with Crippen LogP contribution in [0.1, 0.15) is 30.9 Å². The van der Waals surface area contributed by atoms with Crippen LogP contribution in [-0.4, -0.2) is 41.1 Å². The van der Waals surface area contributed by atoms with E-state index >= 15 is 0 Å². The van der Waals surface area contributed by atoms with E-state index in [4.69, 9.17) is 4.74 Å². The summed E-state index contributed by atoms with van der Waals surface area (Å²) in [5.41, 5.74) is 3.45. The van der Waals surface area contributed by atoms with Gasteiger partial charge in [-0.2, -0.15) is 0 Å². The average Bonchev–Trinajstić information content (AvgIpc) is 2.91. The molecular formula is C29H35N3O4S. The molecule has 0 bridgehead atoms. The molecule has 196 valence electrons. The number of methoxy groups -OCH3 is 1. The van der Waals surface area contributed by atoms with E-state index in [1.807, 2.05) is 19.1 Å². The molecule has 1 atom stereocenters. The zero-order valence-corrected chi connectivity index (χ0v) is 22.5. The Labute approximate surface area is 220 Å². The molecule has 1 unspecified atom stereocenters. The Morgan fingerprint density at radius 3 is 2.49 bits per heavy atom. The lowest BCUT2D eigenvalue weighted by atomic mass is 9.99. The molecule has 1 fully saturated rings. The summed E-state index contributed by atoms with van der Waals surface area (Å²) in [5, 5.41) is 2.88. The predicted octanol–water partition coefficient (Wildman–Crippen LogP) is 4.75. The monoisotopic (exact) mass is 521 g/mol. The van der Waals surface area contributed by atoms with Gasteiger partial charge >= 0.3 is 0 Å². The quantitative estimate of drug-likeness (QED) is 0.440. The Morgan fingerprint density at radius 2 is 1.81 bits per heavy atom. The number of benzene rings is 3. The van der Waals surface area contributed by atoms with E-state index in [0.717, 1.165) is 28.5 Å². The second kappa shape index (κ2) is 11.7. The van der Waals surface area contributed by atoms with Crippen molar-refractivity contribution < 1.29 is 17.9 Å². The minimum Gasteiger partial charge on any atom is -0.497 e. The third kappa shape index (κ3) is 6.63. The molecule has 1 saturated heterocycles. The van der Waals surface area contributed by atoms with E-state index in [2.05, 4.69) is 29.3 Å². The Bertz CT molecular complexity index is 1310. The summed E-state index contributed by atoms with van der Waals surface area (Å²) in [4.78, 5) is 15.5. The molecule has 1 heterocycles. The zero-order valence-electron chi connectivity index (χ0n) is 21.7. The molecule has 1 amide bonds. The number of aryl methyl sites for hydroxylation is 1. The minimum atomic E-state index is -3.99. The van der Waals surface area contributed by atoms with Gasteiger partial charge in [0.25, 0.3) is 10.0 Å². The number of piperidine rings is 1. The van der Waals surface area contributed by atoms with Crippen molar-refractivity contribution >= 4 is 27.3 Å². The molecule has 8 heteroatoms. The number of ether oxygens (including phenoxy) is 1. The molecule has 7 nitrogen and oxygen atoms in total. The van der Waals surface area contributed by atoms with Crippen LogP contribution < -0.4 is 19.3 Å². The van der Waals surface area contributed by atoms with Gasteiger partial charge in [-0.3, -0.25) is 9.10 Å². The molecule has 0 saturated carbocycles. The van der Waals surface area contributed by atoms with Gasteiger partial charge in [-0.25, -0.2) is 8.42 Å². The lowest BCUT2D eigenvalue weighted by molar-refractivity contribution is -0.119. The second-order valence-electron chi connectivity index (χ2n) is 9.66. The Kier molecular flexibility index (Phi) is 8.38. The number of carbonyl (C=O) groups is 1. The largest absolute Gasteiger partial charge is 0.497 e. The highest BCUT2D eigenvalue weighted by Crippen LogP contribution is 2.27. The summed E-state index contributed by atoms with van der Waals surface area (Å²) in [7, 11) is -2.47. The molecule has 1 aliphatic heterocycles. The number of nitrogens with one attached hydrogen (secondary N) is 1. The first-order chi connectivity index (χ1) is 17.8. The average molecular weight is 522 g/mol. The van der Waals surface area contributed by atoms with Crippen molar-refractivity contribution in [3.63, 3.8) is 0 Å². The van der Waals surface area contributed by atoms with Crippen molar-refractivity contribution in [2.45, 2.75) is 38.1 Å². The fraction of sp³-hybridized carbons (Fsp3) is 0.345. The predicted molar refractivity (Wildman–Crippen MR) is 148 cm³/mol. The normalized spacial score (nSPS) is 15.8. The Hall–Kier alpha value is -3.52. The van der Waals surface area contributed by atoms with Crippen LogP contribution in [0.5, 0.6) is 5.75 Å². The van der Waals surface area contributed by atoms with Crippen LogP contribution in [-0.2, 0) is 21.4 Å². The summed E-state index contributed by atoms with van der Waals surface area (Å²) < 4.78 is 33.5.